The number of nitrogens with one attached hydrogen (secondary N) is 2. The number of aryl methyl sites for hydroxylation is 1. The summed E-state index contributed by atoms with van der Waals surface area (Å²) in [4.78, 5) is 20.6. The van der Waals surface area contributed by atoms with Crippen LogP contribution in [0.15, 0.2) is 30.6 Å². The maximum absolute atomic E-state index is 12.0. The first-order valence-corrected chi connectivity index (χ1v) is 8.48. The van der Waals surface area contributed by atoms with E-state index in [0.717, 1.165) is 17.7 Å². The van der Waals surface area contributed by atoms with Crippen LogP contribution in [0.1, 0.15) is 47.7 Å². The van der Waals surface area contributed by atoms with E-state index in [9.17, 15) is 4.79 Å². The van der Waals surface area contributed by atoms with Crippen LogP contribution >= 0.6 is 0 Å². The van der Waals surface area contributed by atoms with Gasteiger partial charge in [0.05, 0.1) is 5.56 Å². The third-order valence-corrected chi connectivity index (χ3v) is 3.89. The minimum Gasteiger partial charge on any atom is -0.385 e. The van der Waals surface area contributed by atoms with Gasteiger partial charge in [0.15, 0.2) is 0 Å². The van der Waals surface area contributed by atoms with E-state index >= 15 is 0 Å². The number of hydrogen-bond donors (Lipinski definition) is 2. The van der Waals surface area contributed by atoms with Crippen molar-refractivity contribution in [3.8, 4) is 0 Å². The standard InChI is InChI=1S/C19H26N4O2/c1-13(2)16-8-5-7-14(3)17(16)23-19-21-11-15(12-22-19)18(24)20-9-6-10-25-4/h5,7-8,11-13H,6,9-10H2,1-4H3,(H,20,24)(H,21,22,23). The molecule has 2 rings (SSSR count). The molecule has 0 bridgehead atoms. The number of ether oxygens (including phenoxy) is 1. The fourth-order valence-electron chi connectivity index (χ4n) is 2.48. The van der Waals surface area contributed by atoms with Crippen molar-refractivity contribution in [2.24, 2.45) is 0 Å². The van der Waals surface area contributed by atoms with Crippen LogP contribution in [-0.2, 0) is 4.74 Å². The molecule has 1 heterocycles. The zero-order valence-corrected chi connectivity index (χ0v) is 15.3. The number of rotatable bonds is 8. The number of aromatic nitrogens is 2. The van der Waals surface area contributed by atoms with Crippen LogP contribution in [-0.4, -0.2) is 36.1 Å². The highest BCUT2D eigenvalue weighted by molar-refractivity contribution is 5.93. The van der Waals surface area contributed by atoms with E-state index in [1.165, 1.54) is 18.0 Å². The predicted molar refractivity (Wildman–Crippen MR) is 99.4 cm³/mol. The minimum atomic E-state index is -0.179. The molecule has 0 radical (unpaired) electrons. The molecule has 0 saturated heterocycles. The Hall–Kier alpha value is -2.47. The van der Waals surface area contributed by atoms with Gasteiger partial charge in [-0.25, -0.2) is 9.97 Å². The van der Waals surface area contributed by atoms with Crippen LogP contribution in [0.3, 0.4) is 0 Å². The minimum absolute atomic E-state index is 0.179. The van der Waals surface area contributed by atoms with Gasteiger partial charge in [0, 0.05) is 38.3 Å². The molecule has 0 aliphatic heterocycles. The molecule has 0 aliphatic rings. The highest BCUT2D eigenvalue weighted by atomic mass is 16.5. The van der Waals surface area contributed by atoms with E-state index in [0.29, 0.717) is 30.6 Å². The molecule has 0 aliphatic carbocycles. The summed E-state index contributed by atoms with van der Waals surface area (Å²) in [5.41, 5.74) is 3.81. The predicted octanol–water partition coefficient (Wildman–Crippen LogP) is 3.42. The van der Waals surface area contributed by atoms with Crippen molar-refractivity contribution >= 4 is 17.5 Å². The number of benzene rings is 1. The molecule has 0 atom stereocenters. The Morgan fingerprint density at radius 3 is 2.60 bits per heavy atom. The van der Waals surface area contributed by atoms with Crippen molar-refractivity contribution in [1.82, 2.24) is 15.3 Å². The van der Waals surface area contributed by atoms with E-state index < -0.39 is 0 Å². The summed E-state index contributed by atoms with van der Waals surface area (Å²) in [5, 5.41) is 6.09. The van der Waals surface area contributed by atoms with Crippen molar-refractivity contribution in [2.45, 2.75) is 33.1 Å². The number of amides is 1. The average Bonchev–Trinajstić information content (AvgIpc) is 2.60. The molecule has 6 heteroatoms. The molecule has 1 aromatic heterocycles. The first-order valence-electron chi connectivity index (χ1n) is 8.48. The van der Waals surface area contributed by atoms with E-state index in [1.54, 1.807) is 7.11 Å². The van der Waals surface area contributed by atoms with Crippen LogP contribution in [0, 0.1) is 6.92 Å². The lowest BCUT2D eigenvalue weighted by atomic mass is 9.98. The first-order chi connectivity index (χ1) is 12.0. The molecule has 0 saturated carbocycles. The molecule has 1 aromatic carbocycles. The van der Waals surface area contributed by atoms with Gasteiger partial charge in [-0.3, -0.25) is 4.79 Å². The highest BCUT2D eigenvalue weighted by Gasteiger charge is 2.11. The highest BCUT2D eigenvalue weighted by Crippen LogP contribution is 2.29. The van der Waals surface area contributed by atoms with Gasteiger partial charge >= 0.3 is 0 Å². The summed E-state index contributed by atoms with van der Waals surface area (Å²) < 4.78 is 4.95. The zero-order valence-electron chi connectivity index (χ0n) is 15.3. The van der Waals surface area contributed by atoms with Gasteiger partial charge in [-0.05, 0) is 30.4 Å². The molecule has 6 nitrogen and oxygen atoms in total. The Morgan fingerprint density at radius 2 is 1.96 bits per heavy atom. The lowest BCUT2D eigenvalue weighted by molar-refractivity contribution is 0.0948. The molecule has 25 heavy (non-hydrogen) atoms. The number of anilines is 2. The van der Waals surface area contributed by atoms with Gasteiger partial charge < -0.3 is 15.4 Å². The van der Waals surface area contributed by atoms with Crippen molar-refractivity contribution in [3.05, 3.63) is 47.3 Å². The van der Waals surface area contributed by atoms with Crippen LogP contribution in [0.2, 0.25) is 0 Å². The summed E-state index contributed by atoms with van der Waals surface area (Å²) in [6.45, 7) is 7.54. The molecule has 2 N–H and O–H groups in total. The number of methoxy groups -OCH3 is 1. The molecular weight excluding hydrogens is 316 g/mol. The van der Waals surface area contributed by atoms with E-state index in [1.807, 2.05) is 6.07 Å². The van der Waals surface area contributed by atoms with Gasteiger partial charge in [-0.1, -0.05) is 32.0 Å². The molecule has 0 spiro atoms. The Balaban J connectivity index is 2.05. The third kappa shape index (κ3) is 5.26. The average molecular weight is 342 g/mol. The van der Waals surface area contributed by atoms with Gasteiger partial charge in [0.1, 0.15) is 0 Å². The normalized spacial score (nSPS) is 10.8. The largest absolute Gasteiger partial charge is 0.385 e. The van der Waals surface area contributed by atoms with E-state index in [4.69, 9.17) is 4.74 Å². The second-order valence-corrected chi connectivity index (χ2v) is 6.22. The number of hydrogen-bond acceptors (Lipinski definition) is 5. The molecule has 1 amide bonds. The van der Waals surface area contributed by atoms with Crippen molar-refractivity contribution in [1.29, 1.82) is 0 Å². The van der Waals surface area contributed by atoms with Gasteiger partial charge in [-0.2, -0.15) is 0 Å². The summed E-state index contributed by atoms with van der Waals surface area (Å²) in [5.74, 6) is 0.688. The smallest absolute Gasteiger partial charge is 0.254 e. The van der Waals surface area contributed by atoms with Gasteiger partial charge in [0.2, 0.25) is 5.95 Å². The number of carbonyl (C=O) groups excluding carboxylic acids is 1. The second kappa shape index (κ2) is 9.13. The first kappa shape index (κ1) is 18.9. The SMILES string of the molecule is COCCCNC(=O)c1cnc(Nc2c(C)cccc2C(C)C)nc1. The van der Waals surface area contributed by atoms with Crippen LogP contribution in [0.4, 0.5) is 11.6 Å². The van der Waals surface area contributed by atoms with Gasteiger partial charge in [0.25, 0.3) is 5.91 Å². The number of carbonyl (C=O) groups is 1. The topological polar surface area (TPSA) is 76.1 Å². The molecule has 2 aromatic rings. The van der Waals surface area contributed by atoms with Crippen molar-refractivity contribution in [3.63, 3.8) is 0 Å². The quantitative estimate of drug-likeness (QED) is 0.719. The molecule has 0 fully saturated rings. The number of para-hydroxylation sites is 1. The maximum atomic E-state index is 12.0. The molecule has 0 unspecified atom stereocenters. The van der Waals surface area contributed by atoms with Crippen LogP contribution < -0.4 is 10.6 Å². The summed E-state index contributed by atoms with van der Waals surface area (Å²) in [6, 6.07) is 6.20. The van der Waals surface area contributed by atoms with Crippen molar-refractivity contribution < 1.29 is 9.53 Å². The monoisotopic (exact) mass is 342 g/mol. The lowest BCUT2D eigenvalue weighted by Crippen LogP contribution is -2.25. The third-order valence-electron chi connectivity index (χ3n) is 3.89. The second-order valence-electron chi connectivity index (χ2n) is 6.22. The van der Waals surface area contributed by atoms with Crippen LogP contribution in [0.5, 0.6) is 0 Å². The number of nitrogens with zero attached hydrogens (tertiary/aromatic N) is 2. The van der Waals surface area contributed by atoms with Crippen LogP contribution in [0.25, 0.3) is 0 Å². The van der Waals surface area contributed by atoms with E-state index in [-0.39, 0.29) is 5.91 Å². The summed E-state index contributed by atoms with van der Waals surface area (Å²) in [6.07, 6.45) is 3.84. The van der Waals surface area contributed by atoms with Crippen molar-refractivity contribution in [2.75, 3.05) is 25.6 Å². The zero-order chi connectivity index (χ0) is 18.2. The Morgan fingerprint density at radius 1 is 1.24 bits per heavy atom. The Kier molecular flexibility index (Phi) is 6.89. The fourth-order valence-corrected chi connectivity index (χ4v) is 2.48. The molecule has 134 valence electrons. The Labute approximate surface area is 149 Å². The molecular formula is C19H26N4O2. The summed E-state index contributed by atoms with van der Waals surface area (Å²) >= 11 is 0. The summed E-state index contributed by atoms with van der Waals surface area (Å²) in [7, 11) is 1.64. The maximum Gasteiger partial charge on any atom is 0.254 e. The van der Waals surface area contributed by atoms with E-state index in [2.05, 4.69) is 53.5 Å². The Bertz CT molecular complexity index is 699. The lowest BCUT2D eigenvalue weighted by Gasteiger charge is -2.16. The van der Waals surface area contributed by atoms with Gasteiger partial charge in [-0.15, -0.1) is 0 Å². The fraction of sp³-hybridized carbons (Fsp3) is 0.421.